The number of hydrogen-bond acceptors (Lipinski definition) is 2. The molecule has 1 unspecified atom stereocenters. The van der Waals surface area contributed by atoms with E-state index in [2.05, 4.69) is 45.8 Å². The normalized spacial score (nSPS) is 22.1. The molecule has 1 atom stereocenters. The van der Waals surface area contributed by atoms with E-state index in [1.54, 1.807) is 0 Å². The maximum absolute atomic E-state index is 13.0. The average molecular weight is 398 g/mol. The van der Waals surface area contributed by atoms with E-state index in [4.69, 9.17) is 0 Å². The Kier molecular flexibility index (Phi) is 4.84. The van der Waals surface area contributed by atoms with Crippen molar-refractivity contribution in [3.63, 3.8) is 0 Å². The lowest BCUT2D eigenvalue weighted by molar-refractivity contribution is 0.0703. The molecule has 1 aromatic rings. The smallest absolute Gasteiger partial charge is 0.255 e. The SMILES string of the molecule is Cc1cccc(C(=O)N(CC2CCCNC2)C2CC2)c1I. The fraction of sp³-hybridized carbons (Fsp3) is 0.588. The lowest BCUT2D eigenvalue weighted by Crippen LogP contribution is -2.42. The van der Waals surface area contributed by atoms with Crippen molar-refractivity contribution in [1.29, 1.82) is 0 Å². The molecule has 1 saturated carbocycles. The highest BCUT2D eigenvalue weighted by Crippen LogP contribution is 2.31. The van der Waals surface area contributed by atoms with Crippen molar-refractivity contribution in [1.82, 2.24) is 10.2 Å². The minimum absolute atomic E-state index is 0.233. The molecule has 2 fully saturated rings. The largest absolute Gasteiger partial charge is 0.335 e. The Morgan fingerprint density at radius 3 is 2.86 bits per heavy atom. The Hall–Kier alpha value is -0.620. The Balaban J connectivity index is 1.76. The first-order valence-electron chi connectivity index (χ1n) is 7.93. The Morgan fingerprint density at radius 2 is 2.19 bits per heavy atom. The molecule has 1 amide bonds. The number of halogens is 1. The number of nitrogens with one attached hydrogen (secondary N) is 1. The summed E-state index contributed by atoms with van der Waals surface area (Å²) in [5.41, 5.74) is 2.07. The van der Waals surface area contributed by atoms with Crippen LogP contribution in [0.25, 0.3) is 0 Å². The number of nitrogens with zero attached hydrogens (tertiary/aromatic N) is 1. The lowest BCUT2D eigenvalue weighted by atomic mass is 9.98. The molecule has 3 rings (SSSR count). The van der Waals surface area contributed by atoms with Gasteiger partial charge in [0, 0.05) is 16.2 Å². The van der Waals surface area contributed by atoms with Crippen molar-refractivity contribution in [2.24, 2.45) is 5.92 Å². The second-order valence-electron chi connectivity index (χ2n) is 6.34. The molecule has 21 heavy (non-hydrogen) atoms. The average Bonchev–Trinajstić information content (AvgIpc) is 3.33. The van der Waals surface area contributed by atoms with Crippen LogP contribution in [0.2, 0.25) is 0 Å². The summed E-state index contributed by atoms with van der Waals surface area (Å²) in [6.07, 6.45) is 4.83. The summed E-state index contributed by atoms with van der Waals surface area (Å²) in [5, 5.41) is 3.46. The maximum Gasteiger partial charge on any atom is 0.255 e. The van der Waals surface area contributed by atoms with Crippen LogP contribution in [-0.2, 0) is 0 Å². The number of benzene rings is 1. The molecule has 114 valence electrons. The zero-order valence-electron chi connectivity index (χ0n) is 12.6. The highest BCUT2D eigenvalue weighted by atomic mass is 127. The van der Waals surface area contributed by atoms with Crippen molar-refractivity contribution in [2.45, 2.75) is 38.6 Å². The van der Waals surface area contributed by atoms with Crippen LogP contribution in [-0.4, -0.2) is 36.5 Å². The minimum atomic E-state index is 0.233. The number of piperidine rings is 1. The molecule has 1 aromatic carbocycles. The summed E-state index contributed by atoms with van der Waals surface area (Å²) < 4.78 is 1.10. The molecule has 0 radical (unpaired) electrons. The van der Waals surface area contributed by atoms with Gasteiger partial charge >= 0.3 is 0 Å². The van der Waals surface area contributed by atoms with Gasteiger partial charge in [0.05, 0.1) is 5.56 Å². The zero-order valence-corrected chi connectivity index (χ0v) is 14.7. The fourth-order valence-electron chi connectivity index (χ4n) is 3.11. The van der Waals surface area contributed by atoms with Gasteiger partial charge in [-0.15, -0.1) is 0 Å². The van der Waals surface area contributed by atoms with Gasteiger partial charge < -0.3 is 10.2 Å². The molecule has 1 N–H and O–H groups in total. The lowest BCUT2D eigenvalue weighted by Gasteiger charge is -2.30. The molecule has 0 bridgehead atoms. The Labute approximate surface area is 140 Å². The molecule has 1 aliphatic heterocycles. The molecular weight excluding hydrogens is 375 g/mol. The van der Waals surface area contributed by atoms with Crippen molar-refractivity contribution < 1.29 is 4.79 Å². The third kappa shape index (κ3) is 3.59. The second kappa shape index (κ2) is 6.65. The van der Waals surface area contributed by atoms with E-state index in [0.29, 0.717) is 12.0 Å². The van der Waals surface area contributed by atoms with Crippen LogP contribution < -0.4 is 5.32 Å². The number of carbonyl (C=O) groups is 1. The van der Waals surface area contributed by atoms with E-state index in [-0.39, 0.29) is 5.91 Å². The molecule has 3 nitrogen and oxygen atoms in total. The molecular formula is C17H23IN2O. The molecule has 1 saturated heterocycles. The van der Waals surface area contributed by atoms with Gasteiger partial charge in [-0.1, -0.05) is 12.1 Å². The molecule has 1 heterocycles. The van der Waals surface area contributed by atoms with Crippen LogP contribution in [0.5, 0.6) is 0 Å². The monoisotopic (exact) mass is 398 g/mol. The van der Waals surface area contributed by atoms with Gasteiger partial charge in [0.1, 0.15) is 0 Å². The van der Waals surface area contributed by atoms with E-state index < -0.39 is 0 Å². The highest BCUT2D eigenvalue weighted by Gasteiger charge is 2.35. The Bertz CT molecular complexity index is 522. The van der Waals surface area contributed by atoms with Crippen molar-refractivity contribution >= 4 is 28.5 Å². The molecule has 2 aliphatic rings. The highest BCUT2D eigenvalue weighted by molar-refractivity contribution is 14.1. The summed E-state index contributed by atoms with van der Waals surface area (Å²) in [7, 11) is 0. The molecule has 4 heteroatoms. The second-order valence-corrected chi connectivity index (χ2v) is 7.42. The van der Waals surface area contributed by atoms with Crippen LogP contribution in [0.3, 0.4) is 0 Å². The van der Waals surface area contributed by atoms with Crippen LogP contribution in [0.4, 0.5) is 0 Å². The van der Waals surface area contributed by atoms with Gasteiger partial charge in [-0.2, -0.15) is 0 Å². The van der Waals surface area contributed by atoms with Crippen molar-refractivity contribution in [3.8, 4) is 0 Å². The first-order valence-corrected chi connectivity index (χ1v) is 9.01. The first kappa shape index (κ1) is 15.3. The van der Waals surface area contributed by atoms with Gasteiger partial charge in [-0.25, -0.2) is 0 Å². The van der Waals surface area contributed by atoms with E-state index in [9.17, 15) is 4.79 Å². The zero-order chi connectivity index (χ0) is 14.8. The predicted molar refractivity (Wildman–Crippen MR) is 93.5 cm³/mol. The predicted octanol–water partition coefficient (Wildman–Crippen LogP) is 3.20. The Morgan fingerprint density at radius 1 is 1.38 bits per heavy atom. The summed E-state index contributed by atoms with van der Waals surface area (Å²) in [4.78, 5) is 15.1. The minimum Gasteiger partial charge on any atom is -0.335 e. The number of hydrogen-bond donors (Lipinski definition) is 1. The molecule has 0 aromatic heterocycles. The van der Waals surface area contributed by atoms with Gasteiger partial charge in [0.2, 0.25) is 0 Å². The van der Waals surface area contributed by atoms with Gasteiger partial charge in [0.25, 0.3) is 5.91 Å². The van der Waals surface area contributed by atoms with Crippen LogP contribution in [0.1, 0.15) is 41.6 Å². The molecule has 0 spiro atoms. The number of rotatable bonds is 4. The van der Waals surface area contributed by atoms with E-state index in [1.807, 2.05) is 12.1 Å². The number of aryl methyl sites for hydroxylation is 1. The topological polar surface area (TPSA) is 32.3 Å². The number of carbonyl (C=O) groups excluding carboxylic acids is 1. The summed E-state index contributed by atoms with van der Waals surface area (Å²) in [6.45, 7) is 5.18. The van der Waals surface area contributed by atoms with Crippen molar-refractivity contribution in [3.05, 3.63) is 32.9 Å². The fourth-order valence-corrected chi connectivity index (χ4v) is 3.70. The first-order chi connectivity index (χ1) is 10.2. The van der Waals surface area contributed by atoms with Gasteiger partial charge in [-0.3, -0.25) is 4.79 Å². The molecule has 1 aliphatic carbocycles. The van der Waals surface area contributed by atoms with E-state index in [1.165, 1.54) is 31.2 Å². The van der Waals surface area contributed by atoms with E-state index in [0.717, 1.165) is 28.8 Å². The summed E-state index contributed by atoms with van der Waals surface area (Å²) in [5.74, 6) is 0.849. The summed E-state index contributed by atoms with van der Waals surface area (Å²) in [6, 6.07) is 6.53. The van der Waals surface area contributed by atoms with E-state index >= 15 is 0 Å². The third-order valence-corrected chi connectivity index (χ3v) is 5.96. The van der Waals surface area contributed by atoms with Crippen molar-refractivity contribution in [2.75, 3.05) is 19.6 Å². The van der Waals surface area contributed by atoms with Crippen LogP contribution in [0.15, 0.2) is 18.2 Å². The van der Waals surface area contributed by atoms with Crippen LogP contribution in [0, 0.1) is 16.4 Å². The maximum atomic E-state index is 13.0. The summed E-state index contributed by atoms with van der Waals surface area (Å²) >= 11 is 2.31. The van der Waals surface area contributed by atoms with Gasteiger partial charge in [-0.05, 0) is 85.8 Å². The standard InChI is InChI=1S/C17H23IN2O/c1-12-4-2-6-15(16(12)18)17(21)20(14-7-8-14)11-13-5-3-9-19-10-13/h2,4,6,13-14,19H,3,5,7-11H2,1H3. The third-order valence-electron chi connectivity index (χ3n) is 4.52. The van der Waals surface area contributed by atoms with Gasteiger partial charge in [0.15, 0.2) is 0 Å². The van der Waals surface area contributed by atoms with Crippen LogP contribution >= 0.6 is 22.6 Å². The number of amides is 1. The quantitative estimate of drug-likeness (QED) is 0.791.